The summed E-state index contributed by atoms with van der Waals surface area (Å²) in [5.74, 6) is -0.233. The van der Waals surface area contributed by atoms with Crippen LogP contribution < -0.4 is 10.2 Å². The van der Waals surface area contributed by atoms with Gasteiger partial charge in [-0.2, -0.15) is 0 Å². The summed E-state index contributed by atoms with van der Waals surface area (Å²) in [6.07, 6.45) is 1.49. The predicted octanol–water partition coefficient (Wildman–Crippen LogP) is 3.03. The summed E-state index contributed by atoms with van der Waals surface area (Å²) in [6, 6.07) is 8.11. The number of esters is 1. The van der Waals surface area contributed by atoms with Crippen molar-refractivity contribution >= 4 is 11.7 Å². The number of hydrogen-bond acceptors (Lipinski definition) is 5. The molecule has 2 rings (SSSR count). The number of nitrogens with zero attached hydrogens (tertiary/aromatic N) is 1. The molecule has 1 fully saturated rings. The summed E-state index contributed by atoms with van der Waals surface area (Å²) < 4.78 is 5.41. The van der Waals surface area contributed by atoms with E-state index >= 15 is 0 Å². The Morgan fingerprint density at radius 3 is 2.28 bits per heavy atom. The number of carbonyl (C=O) groups is 1. The summed E-state index contributed by atoms with van der Waals surface area (Å²) in [4.78, 5) is 14.4. The van der Waals surface area contributed by atoms with Crippen LogP contribution in [0.1, 0.15) is 59.1 Å². The highest BCUT2D eigenvalue weighted by Gasteiger charge is 2.23. The molecule has 0 aliphatic carbocycles. The van der Waals surface area contributed by atoms with Gasteiger partial charge in [0.25, 0.3) is 0 Å². The van der Waals surface area contributed by atoms with Crippen molar-refractivity contribution in [3.8, 4) is 0 Å². The van der Waals surface area contributed by atoms with Gasteiger partial charge in [0.15, 0.2) is 0 Å². The number of benzene rings is 1. The zero-order chi connectivity index (χ0) is 18.6. The van der Waals surface area contributed by atoms with Crippen LogP contribution >= 0.6 is 0 Å². The second-order valence-electron chi connectivity index (χ2n) is 7.95. The first-order valence-electron chi connectivity index (χ1n) is 9.17. The van der Waals surface area contributed by atoms with Gasteiger partial charge in [0, 0.05) is 24.8 Å². The van der Waals surface area contributed by atoms with Crippen LogP contribution in [0.25, 0.3) is 0 Å². The molecule has 1 heterocycles. The molecule has 0 bridgehead atoms. The lowest BCUT2D eigenvalue weighted by molar-refractivity contribution is -0.157. The number of rotatable bonds is 5. The Hall–Kier alpha value is -1.59. The molecule has 5 heteroatoms. The van der Waals surface area contributed by atoms with Crippen LogP contribution in [0, 0.1) is 0 Å². The van der Waals surface area contributed by atoms with Gasteiger partial charge < -0.3 is 14.7 Å². The van der Waals surface area contributed by atoms with Crippen LogP contribution in [0.5, 0.6) is 0 Å². The lowest BCUT2D eigenvalue weighted by atomic mass is 10.0. The molecule has 1 aromatic rings. The standard InChI is InChI=1S/C20H32N2O3/c1-14(21-15(2)19(24)25-20(3,4)5)16-6-8-17(9-7-16)22-12-10-18(23)11-13-22/h6-9,14-15,18,21,23H,10-13H2,1-5H3/t14?,15-/m0/s1. The quantitative estimate of drug-likeness (QED) is 0.801. The van der Waals surface area contributed by atoms with Gasteiger partial charge in [-0.05, 0) is 65.2 Å². The first-order valence-corrected chi connectivity index (χ1v) is 9.17. The van der Waals surface area contributed by atoms with Gasteiger partial charge in [-0.3, -0.25) is 10.1 Å². The van der Waals surface area contributed by atoms with Crippen molar-refractivity contribution in [2.75, 3.05) is 18.0 Å². The minimum absolute atomic E-state index is 0.0553. The number of nitrogens with one attached hydrogen (secondary N) is 1. The average Bonchev–Trinajstić information content (AvgIpc) is 2.54. The molecule has 140 valence electrons. The smallest absolute Gasteiger partial charge is 0.323 e. The van der Waals surface area contributed by atoms with E-state index in [1.807, 2.05) is 34.6 Å². The number of aliphatic hydroxyl groups excluding tert-OH is 1. The van der Waals surface area contributed by atoms with Gasteiger partial charge in [-0.25, -0.2) is 0 Å². The fourth-order valence-electron chi connectivity index (χ4n) is 3.03. The molecule has 0 spiro atoms. The van der Waals surface area contributed by atoms with Gasteiger partial charge in [-0.1, -0.05) is 12.1 Å². The average molecular weight is 348 g/mol. The minimum Gasteiger partial charge on any atom is -0.459 e. The highest BCUT2D eigenvalue weighted by atomic mass is 16.6. The second-order valence-corrected chi connectivity index (χ2v) is 7.95. The van der Waals surface area contributed by atoms with Crippen LogP contribution in [-0.2, 0) is 9.53 Å². The summed E-state index contributed by atoms with van der Waals surface area (Å²) in [5, 5.41) is 12.9. The lowest BCUT2D eigenvalue weighted by Crippen LogP contribution is -2.40. The molecule has 2 atom stereocenters. The van der Waals surface area contributed by atoms with Crippen LogP contribution in [0.3, 0.4) is 0 Å². The number of anilines is 1. The molecule has 0 amide bonds. The summed E-state index contributed by atoms with van der Waals surface area (Å²) in [7, 11) is 0. The molecular weight excluding hydrogens is 316 g/mol. The third-order valence-corrected chi connectivity index (χ3v) is 4.48. The van der Waals surface area contributed by atoms with Gasteiger partial charge >= 0.3 is 5.97 Å². The van der Waals surface area contributed by atoms with E-state index in [0.717, 1.165) is 31.5 Å². The van der Waals surface area contributed by atoms with Crippen LogP contribution in [0.15, 0.2) is 24.3 Å². The fourth-order valence-corrected chi connectivity index (χ4v) is 3.03. The molecule has 1 unspecified atom stereocenters. The molecule has 1 aliphatic heterocycles. The van der Waals surface area contributed by atoms with Gasteiger partial charge in [-0.15, -0.1) is 0 Å². The van der Waals surface area contributed by atoms with Gasteiger partial charge in [0.05, 0.1) is 6.10 Å². The van der Waals surface area contributed by atoms with Crippen molar-refractivity contribution < 1.29 is 14.6 Å². The van der Waals surface area contributed by atoms with Crippen LogP contribution in [0.4, 0.5) is 5.69 Å². The van der Waals surface area contributed by atoms with E-state index in [2.05, 4.69) is 34.5 Å². The topological polar surface area (TPSA) is 61.8 Å². The summed E-state index contributed by atoms with van der Waals surface area (Å²) >= 11 is 0. The first kappa shape index (κ1) is 19.7. The molecule has 1 saturated heterocycles. The van der Waals surface area contributed by atoms with Crippen LogP contribution in [0.2, 0.25) is 0 Å². The van der Waals surface area contributed by atoms with E-state index in [0.29, 0.717) is 0 Å². The number of hydrogen-bond donors (Lipinski definition) is 2. The first-order chi connectivity index (χ1) is 11.7. The molecule has 0 radical (unpaired) electrons. The van der Waals surface area contributed by atoms with E-state index in [1.165, 1.54) is 5.69 Å². The van der Waals surface area contributed by atoms with Crippen molar-refractivity contribution in [2.24, 2.45) is 0 Å². The summed E-state index contributed by atoms with van der Waals surface area (Å²) in [6.45, 7) is 11.3. The van der Waals surface area contributed by atoms with Crippen molar-refractivity contribution in [2.45, 2.75) is 71.2 Å². The second kappa shape index (κ2) is 8.19. The fraction of sp³-hybridized carbons (Fsp3) is 0.650. The Kier molecular flexibility index (Phi) is 6.47. The number of ether oxygens (including phenoxy) is 1. The zero-order valence-corrected chi connectivity index (χ0v) is 16.1. The monoisotopic (exact) mass is 348 g/mol. The van der Waals surface area contributed by atoms with Crippen molar-refractivity contribution in [1.29, 1.82) is 0 Å². The maximum Gasteiger partial charge on any atom is 0.323 e. The highest BCUT2D eigenvalue weighted by Crippen LogP contribution is 2.23. The Morgan fingerprint density at radius 2 is 1.76 bits per heavy atom. The van der Waals surface area contributed by atoms with Crippen molar-refractivity contribution in [3.63, 3.8) is 0 Å². The maximum atomic E-state index is 12.1. The van der Waals surface area contributed by atoms with E-state index in [4.69, 9.17) is 4.74 Å². The molecule has 1 aromatic carbocycles. The van der Waals surface area contributed by atoms with E-state index in [-0.39, 0.29) is 24.2 Å². The van der Waals surface area contributed by atoms with Gasteiger partial charge in [0.2, 0.25) is 0 Å². The van der Waals surface area contributed by atoms with E-state index in [9.17, 15) is 9.90 Å². The zero-order valence-electron chi connectivity index (χ0n) is 16.1. The number of carbonyl (C=O) groups excluding carboxylic acids is 1. The van der Waals surface area contributed by atoms with Gasteiger partial charge in [0.1, 0.15) is 11.6 Å². The van der Waals surface area contributed by atoms with Crippen molar-refractivity contribution in [1.82, 2.24) is 5.32 Å². The molecule has 0 saturated carbocycles. The SMILES string of the molecule is CC(N[C@@H](C)C(=O)OC(C)(C)C)c1ccc(N2CCC(O)CC2)cc1. The number of piperidine rings is 1. The normalized spacial score (nSPS) is 18.7. The third kappa shape index (κ3) is 6.01. The summed E-state index contributed by atoms with van der Waals surface area (Å²) in [5.41, 5.74) is 1.85. The molecule has 2 N–H and O–H groups in total. The van der Waals surface area contributed by atoms with Crippen LogP contribution in [-0.4, -0.2) is 41.9 Å². The largest absolute Gasteiger partial charge is 0.459 e. The Labute approximate surface area is 151 Å². The molecule has 5 nitrogen and oxygen atoms in total. The van der Waals surface area contributed by atoms with Crippen molar-refractivity contribution in [3.05, 3.63) is 29.8 Å². The highest BCUT2D eigenvalue weighted by molar-refractivity contribution is 5.75. The molecule has 25 heavy (non-hydrogen) atoms. The Balaban J connectivity index is 1.91. The predicted molar refractivity (Wildman–Crippen MR) is 101 cm³/mol. The molecular formula is C20H32N2O3. The maximum absolute atomic E-state index is 12.1. The minimum atomic E-state index is -0.472. The number of aliphatic hydroxyl groups is 1. The molecule has 0 aromatic heterocycles. The molecule has 1 aliphatic rings. The third-order valence-electron chi connectivity index (χ3n) is 4.48. The lowest BCUT2D eigenvalue weighted by Gasteiger charge is -2.31. The Morgan fingerprint density at radius 1 is 1.20 bits per heavy atom. The Bertz CT molecular complexity index is 557. The van der Waals surface area contributed by atoms with E-state index < -0.39 is 5.60 Å². The van der Waals surface area contributed by atoms with E-state index in [1.54, 1.807) is 0 Å².